The van der Waals surface area contributed by atoms with Gasteiger partial charge < -0.3 is 14.8 Å². The topological polar surface area (TPSA) is 47.6 Å². The molecule has 0 bridgehead atoms. The van der Waals surface area contributed by atoms with E-state index < -0.39 is 5.60 Å². The third kappa shape index (κ3) is 7.65. The van der Waals surface area contributed by atoms with Gasteiger partial charge in [0.25, 0.3) is 0 Å². The number of hydrogen-bond acceptors (Lipinski definition) is 4. The third-order valence-electron chi connectivity index (χ3n) is 2.05. The first-order chi connectivity index (χ1) is 7.26. The summed E-state index contributed by atoms with van der Waals surface area (Å²) in [7, 11) is 1.67. The van der Waals surface area contributed by atoms with E-state index in [1.807, 2.05) is 34.6 Å². The van der Waals surface area contributed by atoms with Gasteiger partial charge in [-0.25, -0.2) is 0 Å². The van der Waals surface area contributed by atoms with Crippen molar-refractivity contribution < 1.29 is 14.3 Å². The summed E-state index contributed by atoms with van der Waals surface area (Å²) in [6, 6.07) is -0.0476. The quantitative estimate of drug-likeness (QED) is 0.707. The van der Waals surface area contributed by atoms with Crippen LogP contribution >= 0.6 is 0 Å². The van der Waals surface area contributed by atoms with E-state index in [0.29, 0.717) is 6.61 Å². The van der Waals surface area contributed by atoms with Crippen molar-refractivity contribution in [1.82, 2.24) is 5.32 Å². The predicted molar refractivity (Wildman–Crippen MR) is 64.4 cm³/mol. The van der Waals surface area contributed by atoms with Gasteiger partial charge in [0.15, 0.2) is 0 Å². The molecule has 0 aliphatic heterocycles. The fraction of sp³-hybridized carbons (Fsp3) is 0.917. The minimum atomic E-state index is -0.428. The summed E-state index contributed by atoms with van der Waals surface area (Å²) in [6.07, 6.45) is 0.879. The Morgan fingerprint density at radius 1 is 1.31 bits per heavy atom. The molecule has 96 valence electrons. The van der Waals surface area contributed by atoms with Gasteiger partial charge in [-0.1, -0.05) is 0 Å². The van der Waals surface area contributed by atoms with Crippen LogP contribution in [0.3, 0.4) is 0 Å². The molecule has 0 radical (unpaired) electrons. The lowest BCUT2D eigenvalue weighted by molar-refractivity contribution is -0.157. The second-order valence-electron chi connectivity index (χ2n) is 5.10. The largest absolute Gasteiger partial charge is 0.459 e. The van der Waals surface area contributed by atoms with E-state index in [1.165, 1.54) is 0 Å². The lowest BCUT2D eigenvalue weighted by Crippen LogP contribution is -2.43. The summed E-state index contributed by atoms with van der Waals surface area (Å²) >= 11 is 0. The smallest absolute Gasteiger partial charge is 0.323 e. The average molecular weight is 231 g/mol. The van der Waals surface area contributed by atoms with E-state index in [9.17, 15) is 4.79 Å². The maximum Gasteiger partial charge on any atom is 0.323 e. The summed E-state index contributed by atoms with van der Waals surface area (Å²) in [6.45, 7) is 10.1. The first-order valence-electron chi connectivity index (χ1n) is 5.74. The van der Waals surface area contributed by atoms with Crippen molar-refractivity contribution in [2.75, 3.05) is 13.7 Å². The predicted octanol–water partition coefficient (Wildman–Crippen LogP) is 1.73. The lowest BCUT2D eigenvalue weighted by atomic mass is 10.2. The third-order valence-corrected chi connectivity index (χ3v) is 2.05. The molecule has 0 aromatic heterocycles. The molecular weight excluding hydrogens is 206 g/mol. The first-order valence-corrected chi connectivity index (χ1v) is 5.74. The van der Waals surface area contributed by atoms with Gasteiger partial charge in [-0.05, 0) is 41.0 Å². The van der Waals surface area contributed by atoms with Crippen LogP contribution < -0.4 is 5.32 Å². The van der Waals surface area contributed by atoms with Gasteiger partial charge >= 0.3 is 5.97 Å². The van der Waals surface area contributed by atoms with Crippen molar-refractivity contribution in [3.8, 4) is 0 Å². The van der Waals surface area contributed by atoms with Crippen molar-refractivity contribution in [1.29, 1.82) is 0 Å². The van der Waals surface area contributed by atoms with Crippen molar-refractivity contribution in [2.24, 2.45) is 0 Å². The zero-order chi connectivity index (χ0) is 12.8. The van der Waals surface area contributed by atoms with Gasteiger partial charge in [0.2, 0.25) is 0 Å². The van der Waals surface area contributed by atoms with Gasteiger partial charge in [0.1, 0.15) is 11.6 Å². The lowest BCUT2D eigenvalue weighted by Gasteiger charge is -2.24. The van der Waals surface area contributed by atoms with Crippen LogP contribution in [0.25, 0.3) is 0 Å². The van der Waals surface area contributed by atoms with Crippen LogP contribution in [0.15, 0.2) is 0 Å². The van der Waals surface area contributed by atoms with Gasteiger partial charge in [-0.2, -0.15) is 0 Å². The maximum absolute atomic E-state index is 11.7. The van der Waals surface area contributed by atoms with Crippen LogP contribution in [-0.4, -0.2) is 37.4 Å². The fourth-order valence-electron chi connectivity index (χ4n) is 1.26. The molecule has 0 amide bonds. The first kappa shape index (κ1) is 15.4. The van der Waals surface area contributed by atoms with Crippen LogP contribution in [-0.2, 0) is 14.3 Å². The number of carbonyl (C=O) groups excluding carboxylic acids is 1. The van der Waals surface area contributed by atoms with E-state index in [4.69, 9.17) is 9.47 Å². The van der Waals surface area contributed by atoms with E-state index >= 15 is 0 Å². The summed E-state index contributed by atoms with van der Waals surface area (Å²) in [5, 5.41) is 3.18. The van der Waals surface area contributed by atoms with Gasteiger partial charge in [0.05, 0.1) is 0 Å². The SMILES string of the molecule is COCCC(C)N[C@@H](C)C(=O)OC(C)(C)C. The molecule has 0 fully saturated rings. The Kier molecular flexibility index (Phi) is 6.60. The standard InChI is InChI=1S/C12H25NO3/c1-9(7-8-15-6)13-10(2)11(14)16-12(3,4)5/h9-10,13H,7-8H2,1-6H3/t9?,10-/m0/s1. The number of nitrogens with one attached hydrogen (secondary N) is 1. The van der Waals surface area contributed by atoms with Crippen molar-refractivity contribution in [3.63, 3.8) is 0 Å². The van der Waals surface area contributed by atoms with Gasteiger partial charge in [-0.3, -0.25) is 4.79 Å². The summed E-state index contributed by atoms with van der Waals surface area (Å²) in [5.74, 6) is -0.211. The van der Waals surface area contributed by atoms with Crippen LogP contribution in [0.4, 0.5) is 0 Å². The molecule has 0 aromatic rings. The zero-order valence-electron chi connectivity index (χ0n) is 11.3. The van der Waals surface area contributed by atoms with Gasteiger partial charge in [-0.15, -0.1) is 0 Å². The van der Waals surface area contributed by atoms with E-state index in [0.717, 1.165) is 6.42 Å². The van der Waals surface area contributed by atoms with Crippen LogP contribution in [0.2, 0.25) is 0 Å². The number of esters is 1. The summed E-state index contributed by atoms with van der Waals surface area (Å²) < 4.78 is 10.3. The van der Waals surface area contributed by atoms with E-state index in [1.54, 1.807) is 7.11 Å². The number of carbonyl (C=O) groups is 1. The highest BCUT2D eigenvalue weighted by Gasteiger charge is 2.22. The Labute approximate surface area is 98.7 Å². The molecule has 0 heterocycles. The Hall–Kier alpha value is -0.610. The van der Waals surface area contributed by atoms with Crippen LogP contribution in [0.5, 0.6) is 0 Å². The molecule has 16 heavy (non-hydrogen) atoms. The number of hydrogen-bond donors (Lipinski definition) is 1. The second kappa shape index (κ2) is 6.86. The molecule has 0 spiro atoms. The molecule has 0 aliphatic rings. The molecule has 0 saturated heterocycles. The minimum absolute atomic E-state index is 0.211. The molecule has 1 unspecified atom stereocenters. The molecule has 1 N–H and O–H groups in total. The molecule has 4 heteroatoms. The molecule has 0 aromatic carbocycles. The van der Waals surface area contributed by atoms with Crippen LogP contribution in [0.1, 0.15) is 41.0 Å². The number of methoxy groups -OCH3 is 1. The van der Waals surface area contributed by atoms with Crippen molar-refractivity contribution in [3.05, 3.63) is 0 Å². The van der Waals surface area contributed by atoms with Crippen LogP contribution in [0, 0.1) is 0 Å². The fourth-order valence-corrected chi connectivity index (χ4v) is 1.26. The molecule has 0 saturated carbocycles. The van der Waals surface area contributed by atoms with Crippen molar-refractivity contribution >= 4 is 5.97 Å². The normalized spacial score (nSPS) is 15.6. The monoisotopic (exact) mass is 231 g/mol. The molecule has 4 nitrogen and oxygen atoms in total. The molecule has 2 atom stereocenters. The van der Waals surface area contributed by atoms with E-state index in [2.05, 4.69) is 5.32 Å². The highest BCUT2D eigenvalue weighted by Crippen LogP contribution is 2.08. The summed E-state index contributed by atoms with van der Waals surface area (Å²) in [4.78, 5) is 11.7. The molecule has 0 aliphatic carbocycles. The van der Waals surface area contributed by atoms with Gasteiger partial charge in [0, 0.05) is 19.8 Å². The Morgan fingerprint density at radius 2 is 1.88 bits per heavy atom. The molecule has 0 rings (SSSR count). The highest BCUT2D eigenvalue weighted by molar-refractivity contribution is 5.75. The Morgan fingerprint density at radius 3 is 2.31 bits per heavy atom. The van der Waals surface area contributed by atoms with Crippen molar-refractivity contribution in [2.45, 2.75) is 58.7 Å². The summed E-state index contributed by atoms with van der Waals surface area (Å²) in [5.41, 5.74) is -0.428. The second-order valence-corrected chi connectivity index (χ2v) is 5.10. The molecular formula is C12H25NO3. The number of rotatable bonds is 6. The average Bonchev–Trinajstić information content (AvgIpc) is 2.11. The van der Waals surface area contributed by atoms with E-state index in [-0.39, 0.29) is 18.1 Å². The zero-order valence-corrected chi connectivity index (χ0v) is 11.3. The number of ether oxygens (including phenoxy) is 2. The Balaban J connectivity index is 3.95. The highest BCUT2D eigenvalue weighted by atomic mass is 16.6. The Bertz CT molecular complexity index is 211. The minimum Gasteiger partial charge on any atom is -0.459 e. The maximum atomic E-state index is 11.7.